The van der Waals surface area contributed by atoms with Crippen LogP contribution >= 0.6 is 12.4 Å². The number of rotatable bonds is 4. The number of hydrogen-bond acceptors (Lipinski definition) is 4. The summed E-state index contributed by atoms with van der Waals surface area (Å²) in [5.74, 6) is 1.04. The second-order valence-electron chi connectivity index (χ2n) is 5.88. The van der Waals surface area contributed by atoms with Crippen molar-refractivity contribution in [2.75, 3.05) is 32.7 Å². The third-order valence-electron chi connectivity index (χ3n) is 4.23. The van der Waals surface area contributed by atoms with Gasteiger partial charge in [-0.25, -0.2) is 0 Å². The molecule has 1 amide bonds. The van der Waals surface area contributed by atoms with Crippen molar-refractivity contribution in [3.8, 4) is 5.75 Å². The number of para-hydroxylation sites is 1. The molecule has 3 rings (SSSR count). The number of hydrogen-bond donors (Lipinski definition) is 2. The molecule has 1 fully saturated rings. The molecule has 2 heterocycles. The molecule has 0 aliphatic carbocycles. The minimum absolute atomic E-state index is 0. The van der Waals surface area contributed by atoms with Gasteiger partial charge in [-0.15, -0.1) is 12.4 Å². The second-order valence-corrected chi connectivity index (χ2v) is 5.88. The van der Waals surface area contributed by atoms with Crippen molar-refractivity contribution in [1.29, 1.82) is 0 Å². The molecule has 2 atom stereocenters. The van der Waals surface area contributed by atoms with Gasteiger partial charge in [0.1, 0.15) is 11.9 Å². The van der Waals surface area contributed by atoms with Crippen LogP contribution in [0.4, 0.5) is 0 Å². The summed E-state index contributed by atoms with van der Waals surface area (Å²) >= 11 is 0. The molecular formula is C16H24ClN3O2. The predicted octanol–water partition coefficient (Wildman–Crippen LogP) is 0.822. The fraction of sp³-hybridized carbons (Fsp3) is 0.562. The summed E-state index contributed by atoms with van der Waals surface area (Å²) in [6.07, 6.45) is 0.937. The lowest BCUT2D eigenvalue weighted by molar-refractivity contribution is -0.123. The highest BCUT2D eigenvalue weighted by molar-refractivity contribution is 5.85. The number of piperazine rings is 1. The van der Waals surface area contributed by atoms with E-state index < -0.39 is 0 Å². The van der Waals surface area contributed by atoms with Crippen LogP contribution in [-0.4, -0.2) is 55.7 Å². The molecule has 5 nitrogen and oxygen atoms in total. The van der Waals surface area contributed by atoms with E-state index in [9.17, 15) is 4.79 Å². The Morgan fingerprint density at radius 1 is 1.45 bits per heavy atom. The first-order valence-electron chi connectivity index (χ1n) is 7.68. The van der Waals surface area contributed by atoms with Gasteiger partial charge >= 0.3 is 0 Å². The summed E-state index contributed by atoms with van der Waals surface area (Å²) in [6.45, 7) is 6.04. The number of nitrogens with zero attached hydrogens (tertiary/aromatic N) is 1. The zero-order valence-corrected chi connectivity index (χ0v) is 13.7. The van der Waals surface area contributed by atoms with E-state index in [1.54, 1.807) is 0 Å². The molecule has 0 radical (unpaired) electrons. The highest BCUT2D eigenvalue weighted by atomic mass is 35.5. The average molecular weight is 326 g/mol. The molecule has 122 valence electrons. The molecule has 1 saturated heterocycles. The maximum atomic E-state index is 12.1. The largest absolute Gasteiger partial charge is 0.488 e. The fourth-order valence-corrected chi connectivity index (χ4v) is 2.95. The average Bonchev–Trinajstić information content (AvgIpc) is 2.90. The molecule has 0 spiro atoms. The van der Waals surface area contributed by atoms with Crippen molar-refractivity contribution in [3.63, 3.8) is 0 Å². The fourth-order valence-electron chi connectivity index (χ4n) is 2.95. The van der Waals surface area contributed by atoms with Gasteiger partial charge in [0.2, 0.25) is 5.91 Å². The number of ether oxygens (including phenoxy) is 1. The third kappa shape index (κ3) is 4.12. The second kappa shape index (κ2) is 7.81. The van der Waals surface area contributed by atoms with Crippen molar-refractivity contribution in [2.45, 2.75) is 25.5 Å². The number of nitrogens with one attached hydrogen (secondary N) is 2. The van der Waals surface area contributed by atoms with Gasteiger partial charge in [-0.05, 0) is 18.6 Å². The van der Waals surface area contributed by atoms with Crippen LogP contribution in [0.2, 0.25) is 0 Å². The smallest absolute Gasteiger partial charge is 0.234 e. The van der Waals surface area contributed by atoms with Crippen molar-refractivity contribution in [1.82, 2.24) is 15.5 Å². The Bertz CT molecular complexity index is 487. The molecular weight excluding hydrogens is 302 g/mol. The minimum atomic E-state index is 0. The van der Waals surface area contributed by atoms with Gasteiger partial charge < -0.3 is 15.4 Å². The Morgan fingerprint density at radius 3 is 3.05 bits per heavy atom. The maximum absolute atomic E-state index is 12.1. The zero-order chi connectivity index (χ0) is 14.7. The molecule has 6 heteroatoms. The molecule has 1 aromatic rings. The van der Waals surface area contributed by atoms with Gasteiger partial charge in [0.25, 0.3) is 0 Å². The number of amides is 1. The Balaban J connectivity index is 0.00000176. The standard InChI is InChI=1S/C16H23N3O2.ClH/c1-12-9-17-6-7-19(12)11-16(20)18-10-14-8-13-4-2-3-5-15(13)21-14;/h2-5,12,14,17H,6-11H2,1H3,(H,18,20);1H/t12-,14?;/m0./s1. The lowest BCUT2D eigenvalue weighted by Gasteiger charge is -2.33. The highest BCUT2D eigenvalue weighted by Crippen LogP contribution is 2.27. The number of benzene rings is 1. The Morgan fingerprint density at radius 2 is 2.27 bits per heavy atom. The van der Waals surface area contributed by atoms with E-state index in [1.807, 2.05) is 18.2 Å². The summed E-state index contributed by atoms with van der Waals surface area (Å²) in [6, 6.07) is 8.48. The van der Waals surface area contributed by atoms with E-state index >= 15 is 0 Å². The van der Waals surface area contributed by atoms with Crippen molar-refractivity contribution < 1.29 is 9.53 Å². The summed E-state index contributed by atoms with van der Waals surface area (Å²) in [7, 11) is 0. The lowest BCUT2D eigenvalue weighted by atomic mass is 10.1. The van der Waals surface area contributed by atoms with Crippen LogP contribution in [0, 0.1) is 0 Å². The number of carbonyl (C=O) groups excluding carboxylic acids is 1. The summed E-state index contributed by atoms with van der Waals surface area (Å²) in [5.41, 5.74) is 1.23. The van der Waals surface area contributed by atoms with E-state index in [0.717, 1.165) is 31.8 Å². The van der Waals surface area contributed by atoms with Gasteiger partial charge in [-0.2, -0.15) is 0 Å². The molecule has 0 bridgehead atoms. The Kier molecular flexibility index (Phi) is 6.06. The number of fused-ring (bicyclic) bond motifs is 1. The van der Waals surface area contributed by atoms with Crippen molar-refractivity contribution >= 4 is 18.3 Å². The first kappa shape index (κ1) is 17.1. The quantitative estimate of drug-likeness (QED) is 0.860. The van der Waals surface area contributed by atoms with E-state index in [1.165, 1.54) is 5.56 Å². The lowest BCUT2D eigenvalue weighted by Crippen LogP contribution is -2.53. The topological polar surface area (TPSA) is 53.6 Å². The normalized spacial score (nSPS) is 24.0. The predicted molar refractivity (Wildman–Crippen MR) is 88.7 cm³/mol. The zero-order valence-electron chi connectivity index (χ0n) is 12.9. The Hall–Kier alpha value is -1.30. The highest BCUT2D eigenvalue weighted by Gasteiger charge is 2.24. The van der Waals surface area contributed by atoms with Crippen LogP contribution in [-0.2, 0) is 11.2 Å². The third-order valence-corrected chi connectivity index (χ3v) is 4.23. The van der Waals surface area contributed by atoms with Gasteiger partial charge in [-0.1, -0.05) is 18.2 Å². The van der Waals surface area contributed by atoms with Crippen LogP contribution in [0.25, 0.3) is 0 Å². The first-order valence-corrected chi connectivity index (χ1v) is 7.68. The summed E-state index contributed by atoms with van der Waals surface area (Å²) < 4.78 is 5.83. The van der Waals surface area contributed by atoms with Crippen LogP contribution in [0.1, 0.15) is 12.5 Å². The van der Waals surface area contributed by atoms with Crippen molar-refractivity contribution in [2.24, 2.45) is 0 Å². The molecule has 22 heavy (non-hydrogen) atoms. The number of carbonyl (C=O) groups is 1. The van der Waals surface area contributed by atoms with Crippen LogP contribution in [0.5, 0.6) is 5.75 Å². The Labute approximate surface area is 137 Å². The van der Waals surface area contributed by atoms with Crippen molar-refractivity contribution in [3.05, 3.63) is 29.8 Å². The molecule has 0 saturated carbocycles. The summed E-state index contributed by atoms with van der Waals surface area (Å²) in [5, 5.41) is 6.33. The van der Waals surface area contributed by atoms with Gasteiger partial charge in [-0.3, -0.25) is 9.69 Å². The molecule has 1 unspecified atom stereocenters. The summed E-state index contributed by atoms with van der Waals surface area (Å²) in [4.78, 5) is 14.3. The van der Waals surface area contributed by atoms with Crippen LogP contribution < -0.4 is 15.4 Å². The van der Waals surface area contributed by atoms with E-state index in [-0.39, 0.29) is 24.4 Å². The molecule has 2 aliphatic rings. The SMILES string of the molecule is C[C@H]1CNCCN1CC(=O)NCC1Cc2ccccc2O1.Cl. The number of halogens is 1. The van der Waals surface area contributed by atoms with Gasteiger partial charge in [0.15, 0.2) is 0 Å². The van der Waals surface area contributed by atoms with Crippen LogP contribution in [0.15, 0.2) is 24.3 Å². The van der Waals surface area contributed by atoms with Gasteiger partial charge in [0, 0.05) is 32.1 Å². The minimum Gasteiger partial charge on any atom is -0.488 e. The molecule has 2 N–H and O–H groups in total. The van der Waals surface area contributed by atoms with Crippen LogP contribution in [0.3, 0.4) is 0 Å². The van der Waals surface area contributed by atoms with E-state index in [2.05, 4.69) is 28.5 Å². The maximum Gasteiger partial charge on any atom is 0.234 e. The molecule has 1 aromatic carbocycles. The first-order chi connectivity index (χ1) is 10.2. The van der Waals surface area contributed by atoms with Gasteiger partial charge in [0.05, 0.1) is 13.1 Å². The monoisotopic (exact) mass is 325 g/mol. The van der Waals surface area contributed by atoms with E-state index in [4.69, 9.17) is 4.74 Å². The molecule has 2 aliphatic heterocycles. The van der Waals surface area contributed by atoms with E-state index in [0.29, 0.717) is 19.1 Å². The molecule has 0 aromatic heterocycles.